The number of anilines is 3. The molecule has 21 heavy (non-hydrogen) atoms. The highest BCUT2D eigenvalue weighted by Gasteiger charge is 2.09. The van der Waals surface area contributed by atoms with Crippen molar-refractivity contribution in [1.29, 1.82) is 0 Å². The zero-order valence-electron chi connectivity index (χ0n) is 12.4. The van der Waals surface area contributed by atoms with Crippen molar-refractivity contribution in [1.82, 2.24) is 15.0 Å². The number of aromatic nitrogens is 3. The quantitative estimate of drug-likeness (QED) is 0.882. The molecule has 2 aromatic rings. The Morgan fingerprint density at radius 3 is 2.48 bits per heavy atom. The largest absolute Gasteiger partial charge is 0.461 e. The fraction of sp³-hybridized carbons (Fsp3) is 0.357. The standard InChI is InChI=1S/C14H18FN5O/c1-8(2)21-14-19-12(16-4)18-13(20-14)17-10-5-6-11(15)9(3)7-10/h5-8H,1-4H3,(H2,16,17,18,19,20). The Balaban J connectivity index is 2.27. The summed E-state index contributed by atoms with van der Waals surface area (Å²) in [6, 6.07) is 4.92. The highest BCUT2D eigenvalue weighted by Crippen LogP contribution is 2.19. The van der Waals surface area contributed by atoms with Crippen LogP contribution < -0.4 is 15.4 Å². The van der Waals surface area contributed by atoms with Crippen LogP contribution in [-0.2, 0) is 0 Å². The van der Waals surface area contributed by atoms with Crippen LogP contribution in [0.15, 0.2) is 18.2 Å². The van der Waals surface area contributed by atoms with Gasteiger partial charge in [-0.3, -0.25) is 0 Å². The van der Waals surface area contributed by atoms with Crippen molar-refractivity contribution in [2.24, 2.45) is 0 Å². The Bertz CT molecular complexity index is 633. The van der Waals surface area contributed by atoms with E-state index in [0.717, 1.165) is 0 Å². The van der Waals surface area contributed by atoms with E-state index in [1.807, 2.05) is 13.8 Å². The average Bonchev–Trinajstić information content (AvgIpc) is 2.42. The number of rotatable bonds is 5. The molecule has 0 aliphatic heterocycles. The number of nitrogens with zero attached hydrogens (tertiary/aromatic N) is 3. The Morgan fingerprint density at radius 2 is 1.86 bits per heavy atom. The number of hydrogen-bond acceptors (Lipinski definition) is 6. The van der Waals surface area contributed by atoms with Gasteiger partial charge >= 0.3 is 6.01 Å². The number of nitrogens with one attached hydrogen (secondary N) is 2. The monoisotopic (exact) mass is 291 g/mol. The van der Waals surface area contributed by atoms with Crippen LogP contribution >= 0.6 is 0 Å². The van der Waals surface area contributed by atoms with Crippen LogP contribution in [0.25, 0.3) is 0 Å². The van der Waals surface area contributed by atoms with Crippen molar-refractivity contribution >= 4 is 17.6 Å². The van der Waals surface area contributed by atoms with E-state index in [9.17, 15) is 4.39 Å². The first kappa shape index (κ1) is 15.0. The average molecular weight is 291 g/mol. The van der Waals surface area contributed by atoms with Gasteiger partial charge in [0.1, 0.15) is 5.82 Å². The van der Waals surface area contributed by atoms with E-state index in [-0.39, 0.29) is 17.9 Å². The molecular weight excluding hydrogens is 273 g/mol. The summed E-state index contributed by atoms with van der Waals surface area (Å²) < 4.78 is 18.7. The summed E-state index contributed by atoms with van der Waals surface area (Å²) in [6.07, 6.45) is -0.0435. The van der Waals surface area contributed by atoms with Gasteiger partial charge in [0.15, 0.2) is 0 Å². The lowest BCUT2D eigenvalue weighted by Gasteiger charge is -2.11. The normalized spacial score (nSPS) is 10.6. The molecule has 0 bridgehead atoms. The lowest BCUT2D eigenvalue weighted by Crippen LogP contribution is -2.11. The van der Waals surface area contributed by atoms with E-state index >= 15 is 0 Å². The highest BCUT2D eigenvalue weighted by molar-refractivity contribution is 5.55. The molecule has 0 fully saturated rings. The van der Waals surface area contributed by atoms with Gasteiger partial charge < -0.3 is 15.4 Å². The lowest BCUT2D eigenvalue weighted by atomic mass is 10.2. The SMILES string of the molecule is CNc1nc(Nc2ccc(F)c(C)c2)nc(OC(C)C)n1. The predicted octanol–water partition coefficient (Wildman–Crippen LogP) is 2.89. The molecule has 0 aliphatic carbocycles. The van der Waals surface area contributed by atoms with Crippen molar-refractivity contribution in [3.05, 3.63) is 29.6 Å². The molecule has 2 N–H and O–H groups in total. The van der Waals surface area contributed by atoms with Gasteiger partial charge in [-0.15, -0.1) is 0 Å². The van der Waals surface area contributed by atoms with Gasteiger partial charge in [-0.2, -0.15) is 15.0 Å². The van der Waals surface area contributed by atoms with Crippen LogP contribution in [0.2, 0.25) is 0 Å². The molecule has 1 aromatic heterocycles. The molecule has 7 heteroatoms. The number of hydrogen-bond donors (Lipinski definition) is 2. The molecule has 0 amide bonds. The fourth-order valence-electron chi connectivity index (χ4n) is 1.64. The third-order valence-corrected chi connectivity index (χ3v) is 2.59. The summed E-state index contributed by atoms with van der Waals surface area (Å²) in [7, 11) is 1.71. The maximum absolute atomic E-state index is 13.3. The Kier molecular flexibility index (Phi) is 4.52. The van der Waals surface area contributed by atoms with Crippen molar-refractivity contribution in [2.45, 2.75) is 26.9 Å². The van der Waals surface area contributed by atoms with Crippen LogP contribution in [0.1, 0.15) is 19.4 Å². The van der Waals surface area contributed by atoms with Crippen molar-refractivity contribution in [3.8, 4) is 6.01 Å². The molecule has 0 saturated carbocycles. The summed E-state index contributed by atoms with van der Waals surface area (Å²) in [4.78, 5) is 12.5. The maximum Gasteiger partial charge on any atom is 0.323 e. The Labute approximate surface area is 122 Å². The number of benzene rings is 1. The highest BCUT2D eigenvalue weighted by atomic mass is 19.1. The molecular formula is C14H18FN5O. The predicted molar refractivity (Wildman–Crippen MR) is 79.6 cm³/mol. The van der Waals surface area contributed by atoms with Gasteiger partial charge in [-0.1, -0.05) is 0 Å². The molecule has 6 nitrogen and oxygen atoms in total. The summed E-state index contributed by atoms with van der Waals surface area (Å²) >= 11 is 0. The van der Waals surface area contributed by atoms with Crippen LogP contribution in [0.3, 0.4) is 0 Å². The molecule has 0 unspecified atom stereocenters. The fourth-order valence-corrected chi connectivity index (χ4v) is 1.64. The zero-order chi connectivity index (χ0) is 15.4. The molecule has 1 aromatic carbocycles. The minimum atomic E-state index is -0.254. The molecule has 112 valence electrons. The van der Waals surface area contributed by atoms with E-state index < -0.39 is 0 Å². The van der Waals surface area contributed by atoms with E-state index in [1.54, 1.807) is 26.1 Å². The molecule has 1 heterocycles. The number of ether oxygens (including phenoxy) is 1. The van der Waals surface area contributed by atoms with Gasteiger partial charge in [0, 0.05) is 12.7 Å². The first-order chi connectivity index (χ1) is 9.97. The van der Waals surface area contributed by atoms with Crippen molar-refractivity contribution in [2.75, 3.05) is 17.7 Å². The molecule has 2 rings (SSSR count). The maximum atomic E-state index is 13.3. The first-order valence-corrected chi connectivity index (χ1v) is 6.61. The summed E-state index contributed by atoms with van der Waals surface area (Å²) in [6.45, 7) is 5.47. The van der Waals surface area contributed by atoms with E-state index in [0.29, 0.717) is 23.1 Å². The molecule has 0 spiro atoms. The minimum Gasteiger partial charge on any atom is -0.461 e. The summed E-state index contributed by atoms with van der Waals surface area (Å²) in [5, 5.41) is 5.86. The van der Waals surface area contributed by atoms with Crippen molar-refractivity contribution < 1.29 is 9.13 Å². The third-order valence-electron chi connectivity index (χ3n) is 2.59. The second-order valence-electron chi connectivity index (χ2n) is 4.77. The second-order valence-corrected chi connectivity index (χ2v) is 4.77. The van der Waals surface area contributed by atoms with E-state index in [4.69, 9.17) is 4.74 Å². The molecule has 0 aliphatic rings. The van der Waals surface area contributed by atoms with E-state index in [1.165, 1.54) is 6.07 Å². The van der Waals surface area contributed by atoms with Gasteiger partial charge in [-0.05, 0) is 44.5 Å². The smallest absolute Gasteiger partial charge is 0.323 e. The zero-order valence-corrected chi connectivity index (χ0v) is 12.4. The third kappa shape index (κ3) is 4.01. The van der Waals surface area contributed by atoms with Gasteiger partial charge in [0.05, 0.1) is 6.10 Å². The minimum absolute atomic E-state index is 0.0435. The summed E-state index contributed by atoms with van der Waals surface area (Å²) in [5.74, 6) is 0.467. The molecule has 0 radical (unpaired) electrons. The van der Waals surface area contributed by atoms with Crippen molar-refractivity contribution in [3.63, 3.8) is 0 Å². The second kappa shape index (κ2) is 6.34. The molecule has 0 saturated heterocycles. The number of halogens is 1. The molecule has 0 atom stereocenters. The first-order valence-electron chi connectivity index (χ1n) is 6.61. The summed E-state index contributed by atoms with van der Waals surface area (Å²) in [5.41, 5.74) is 1.24. The topological polar surface area (TPSA) is 72.0 Å². The van der Waals surface area contributed by atoms with Gasteiger partial charge in [0.2, 0.25) is 11.9 Å². The lowest BCUT2D eigenvalue weighted by molar-refractivity contribution is 0.222. The van der Waals surface area contributed by atoms with Gasteiger partial charge in [-0.25, -0.2) is 4.39 Å². The van der Waals surface area contributed by atoms with Crippen LogP contribution in [0.4, 0.5) is 22.0 Å². The van der Waals surface area contributed by atoms with Crippen LogP contribution in [0, 0.1) is 12.7 Å². The number of aryl methyl sites for hydroxylation is 1. The Morgan fingerprint density at radius 1 is 1.14 bits per heavy atom. The Hall–Kier alpha value is -2.44. The van der Waals surface area contributed by atoms with Crippen LogP contribution in [-0.4, -0.2) is 28.1 Å². The van der Waals surface area contributed by atoms with E-state index in [2.05, 4.69) is 25.6 Å². The van der Waals surface area contributed by atoms with Crippen LogP contribution in [0.5, 0.6) is 6.01 Å². The van der Waals surface area contributed by atoms with Gasteiger partial charge in [0.25, 0.3) is 0 Å².